The van der Waals surface area contributed by atoms with Crippen LogP contribution in [0.1, 0.15) is 27.2 Å². The van der Waals surface area contributed by atoms with E-state index in [4.69, 9.17) is 9.47 Å². The standard InChI is InChI=1S/C20H22F2O5/c1-4-13(2)19(24)27-17-10-6-7-14-15(17)8-5-9-16(14)25-11-18(23)26-12-20(3,21)22/h5-10,13H,4,11-12H2,1-3H3. The molecule has 0 aliphatic heterocycles. The molecule has 0 heterocycles. The van der Waals surface area contributed by atoms with Crippen molar-refractivity contribution < 1.29 is 32.6 Å². The van der Waals surface area contributed by atoms with Crippen molar-refractivity contribution in [3.8, 4) is 11.5 Å². The van der Waals surface area contributed by atoms with Gasteiger partial charge in [-0.3, -0.25) is 4.79 Å². The molecule has 2 rings (SSSR count). The van der Waals surface area contributed by atoms with Crippen LogP contribution >= 0.6 is 0 Å². The molecular weight excluding hydrogens is 358 g/mol. The summed E-state index contributed by atoms with van der Waals surface area (Å²) in [6.07, 6.45) is 0.664. The zero-order chi connectivity index (χ0) is 20.0. The second-order valence-corrected chi connectivity index (χ2v) is 6.36. The first-order chi connectivity index (χ1) is 12.7. The Labute approximate surface area is 156 Å². The number of fused-ring (bicyclic) bond motifs is 1. The maximum absolute atomic E-state index is 12.7. The van der Waals surface area contributed by atoms with Crippen LogP contribution in [0.2, 0.25) is 0 Å². The van der Waals surface area contributed by atoms with Gasteiger partial charge >= 0.3 is 11.9 Å². The first kappa shape index (κ1) is 20.6. The van der Waals surface area contributed by atoms with Crippen molar-refractivity contribution in [3.63, 3.8) is 0 Å². The lowest BCUT2D eigenvalue weighted by Gasteiger charge is -2.14. The zero-order valence-electron chi connectivity index (χ0n) is 15.5. The van der Waals surface area contributed by atoms with Crippen LogP contribution in [-0.4, -0.2) is 31.1 Å². The van der Waals surface area contributed by atoms with Crippen molar-refractivity contribution in [3.05, 3.63) is 36.4 Å². The van der Waals surface area contributed by atoms with Crippen LogP contribution in [0.4, 0.5) is 8.78 Å². The van der Waals surface area contributed by atoms with Crippen LogP contribution < -0.4 is 9.47 Å². The highest BCUT2D eigenvalue weighted by atomic mass is 19.3. The normalized spacial score (nSPS) is 12.5. The predicted molar refractivity (Wildman–Crippen MR) is 96.1 cm³/mol. The second-order valence-electron chi connectivity index (χ2n) is 6.36. The monoisotopic (exact) mass is 380 g/mol. The Kier molecular flexibility index (Phi) is 6.71. The number of carbonyl (C=O) groups excluding carboxylic acids is 2. The molecule has 0 aliphatic carbocycles. The molecule has 146 valence electrons. The molecule has 1 unspecified atom stereocenters. The lowest BCUT2D eigenvalue weighted by Crippen LogP contribution is -2.24. The Balaban J connectivity index is 2.14. The molecule has 0 bridgehead atoms. The molecule has 5 nitrogen and oxygen atoms in total. The van der Waals surface area contributed by atoms with Crippen molar-refractivity contribution in [2.24, 2.45) is 5.92 Å². The average Bonchev–Trinajstić information content (AvgIpc) is 2.63. The summed E-state index contributed by atoms with van der Waals surface area (Å²) in [5, 5.41) is 1.26. The number of esters is 2. The van der Waals surface area contributed by atoms with Gasteiger partial charge in [0.25, 0.3) is 5.92 Å². The fourth-order valence-corrected chi connectivity index (χ4v) is 2.23. The van der Waals surface area contributed by atoms with Gasteiger partial charge in [0, 0.05) is 17.7 Å². The molecule has 27 heavy (non-hydrogen) atoms. The van der Waals surface area contributed by atoms with Gasteiger partial charge in [0.2, 0.25) is 0 Å². The smallest absolute Gasteiger partial charge is 0.344 e. The minimum Gasteiger partial charge on any atom is -0.481 e. The summed E-state index contributed by atoms with van der Waals surface area (Å²) in [4.78, 5) is 23.6. The highest BCUT2D eigenvalue weighted by Gasteiger charge is 2.23. The topological polar surface area (TPSA) is 61.8 Å². The summed E-state index contributed by atoms with van der Waals surface area (Å²) < 4.78 is 40.8. The number of rotatable bonds is 8. The number of hydrogen-bond acceptors (Lipinski definition) is 5. The van der Waals surface area contributed by atoms with Crippen molar-refractivity contribution in [1.29, 1.82) is 0 Å². The molecule has 0 N–H and O–H groups in total. The van der Waals surface area contributed by atoms with Gasteiger partial charge in [-0.15, -0.1) is 0 Å². The van der Waals surface area contributed by atoms with Crippen molar-refractivity contribution >= 4 is 22.7 Å². The first-order valence-corrected chi connectivity index (χ1v) is 8.61. The lowest BCUT2D eigenvalue weighted by atomic mass is 10.1. The molecular formula is C20H22F2O5. The van der Waals surface area contributed by atoms with E-state index in [0.717, 1.165) is 0 Å². The van der Waals surface area contributed by atoms with Crippen molar-refractivity contribution in [2.45, 2.75) is 33.1 Å². The number of benzene rings is 2. The largest absolute Gasteiger partial charge is 0.481 e. The fourth-order valence-electron chi connectivity index (χ4n) is 2.23. The Morgan fingerprint density at radius 2 is 1.67 bits per heavy atom. The number of ether oxygens (including phenoxy) is 3. The molecule has 2 aromatic rings. The molecule has 0 saturated carbocycles. The minimum absolute atomic E-state index is 0.230. The van der Waals surface area contributed by atoms with Crippen LogP contribution in [0, 0.1) is 5.92 Å². The van der Waals surface area contributed by atoms with Gasteiger partial charge in [-0.25, -0.2) is 13.6 Å². The van der Waals surface area contributed by atoms with Gasteiger partial charge in [0.1, 0.15) is 11.5 Å². The van der Waals surface area contributed by atoms with Crippen molar-refractivity contribution in [1.82, 2.24) is 0 Å². The molecule has 1 atom stereocenters. The average molecular weight is 380 g/mol. The number of carbonyl (C=O) groups is 2. The third kappa shape index (κ3) is 5.91. The van der Waals surface area contributed by atoms with E-state index in [2.05, 4.69) is 4.74 Å². The summed E-state index contributed by atoms with van der Waals surface area (Å²) in [6.45, 7) is 2.84. The number of hydrogen-bond donors (Lipinski definition) is 0. The van der Waals surface area contributed by atoms with Crippen LogP contribution in [0.5, 0.6) is 11.5 Å². The van der Waals surface area contributed by atoms with E-state index < -0.39 is 25.1 Å². The van der Waals surface area contributed by atoms with Crippen LogP contribution in [0.3, 0.4) is 0 Å². The molecule has 7 heteroatoms. The Morgan fingerprint density at radius 3 is 2.26 bits per heavy atom. The van der Waals surface area contributed by atoms with E-state index in [1.807, 2.05) is 6.92 Å². The van der Waals surface area contributed by atoms with Gasteiger partial charge in [-0.1, -0.05) is 38.1 Å². The van der Waals surface area contributed by atoms with E-state index in [1.54, 1.807) is 43.3 Å². The summed E-state index contributed by atoms with van der Waals surface area (Å²) in [5.41, 5.74) is 0. The molecule has 0 aromatic heterocycles. The predicted octanol–water partition coefficient (Wildman–Crippen LogP) is 4.37. The van der Waals surface area contributed by atoms with E-state index in [-0.39, 0.29) is 11.9 Å². The summed E-state index contributed by atoms with van der Waals surface area (Å²) in [7, 11) is 0. The fraction of sp³-hybridized carbons (Fsp3) is 0.400. The SMILES string of the molecule is CCC(C)C(=O)Oc1cccc2c(OCC(=O)OCC(C)(F)F)cccc12. The van der Waals surface area contributed by atoms with Crippen LogP contribution in [-0.2, 0) is 14.3 Å². The molecule has 0 spiro atoms. The van der Waals surface area contributed by atoms with Gasteiger partial charge in [0.15, 0.2) is 13.2 Å². The molecule has 0 aliphatic rings. The van der Waals surface area contributed by atoms with E-state index in [1.165, 1.54) is 0 Å². The third-order valence-corrected chi connectivity index (χ3v) is 3.90. The molecule has 0 radical (unpaired) electrons. The Morgan fingerprint density at radius 1 is 1.07 bits per heavy atom. The molecule has 0 amide bonds. The van der Waals surface area contributed by atoms with Gasteiger partial charge < -0.3 is 14.2 Å². The second kappa shape index (κ2) is 8.79. The highest BCUT2D eigenvalue weighted by Crippen LogP contribution is 2.32. The maximum atomic E-state index is 12.7. The Bertz CT molecular complexity index is 814. The quantitative estimate of drug-likeness (QED) is 0.503. The third-order valence-electron chi connectivity index (χ3n) is 3.90. The lowest BCUT2D eigenvalue weighted by molar-refractivity contribution is -0.155. The summed E-state index contributed by atoms with van der Waals surface area (Å²) in [5.74, 6) is -3.81. The molecule has 0 saturated heterocycles. The van der Waals surface area contributed by atoms with E-state index >= 15 is 0 Å². The Hall–Kier alpha value is -2.70. The first-order valence-electron chi connectivity index (χ1n) is 8.61. The molecule has 0 fully saturated rings. The number of alkyl halides is 2. The van der Waals surface area contributed by atoms with Gasteiger partial charge in [-0.2, -0.15) is 0 Å². The summed E-state index contributed by atoms with van der Waals surface area (Å²) in [6, 6.07) is 10.2. The summed E-state index contributed by atoms with van der Waals surface area (Å²) >= 11 is 0. The van der Waals surface area contributed by atoms with Crippen LogP contribution in [0.25, 0.3) is 10.8 Å². The van der Waals surface area contributed by atoms with E-state index in [0.29, 0.717) is 35.6 Å². The van der Waals surface area contributed by atoms with Gasteiger partial charge in [-0.05, 0) is 18.6 Å². The van der Waals surface area contributed by atoms with E-state index in [9.17, 15) is 18.4 Å². The zero-order valence-corrected chi connectivity index (χ0v) is 15.5. The molecule has 2 aromatic carbocycles. The minimum atomic E-state index is -3.09. The maximum Gasteiger partial charge on any atom is 0.344 e. The number of halogens is 2. The van der Waals surface area contributed by atoms with Crippen LogP contribution in [0.15, 0.2) is 36.4 Å². The van der Waals surface area contributed by atoms with Gasteiger partial charge in [0.05, 0.1) is 5.92 Å². The van der Waals surface area contributed by atoms with Crippen molar-refractivity contribution in [2.75, 3.05) is 13.2 Å². The highest BCUT2D eigenvalue weighted by molar-refractivity contribution is 5.94.